The molecule has 1 aliphatic rings. The van der Waals surface area contributed by atoms with Gasteiger partial charge < -0.3 is 5.11 Å². The van der Waals surface area contributed by atoms with Crippen LogP contribution in [0, 0.1) is 13.8 Å². The summed E-state index contributed by atoms with van der Waals surface area (Å²) in [7, 11) is 0. The summed E-state index contributed by atoms with van der Waals surface area (Å²) in [6.07, 6.45) is 0.530. The highest BCUT2D eigenvalue weighted by atomic mass is 16.5. The maximum atomic E-state index is 12.6. The molecule has 0 spiro atoms. The lowest BCUT2D eigenvalue weighted by molar-refractivity contribution is -0.168. The molecule has 144 valence electrons. The van der Waals surface area contributed by atoms with Crippen molar-refractivity contribution < 1.29 is 15.1 Å². The van der Waals surface area contributed by atoms with Crippen LogP contribution in [-0.4, -0.2) is 51.9 Å². The Balaban J connectivity index is 1.70. The number of amides is 1. The van der Waals surface area contributed by atoms with Crippen molar-refractivity contribution in [3.05, 3.63) is 70.8 Å². The van der Waals surface area contributed by atoms with E-state index in [0.717, 1.165) is 28.3 Å². The predicted octanol–water partition coefficient (Wildman–Crippen LogP) is 2.87. The number of rotatable bonds is 6. The van der Waals surface area contributed by atoms with Crippen molar-refractivity contribution in [3.8, 4) is 0 Å². The largest absolute Gasteiger partial charge is 0.392 e. The molecule has 2 aromatic rings. The Kier molecular flexibility index (Phi) is 6.26. The lowest BCUT2D eigenvalue weighted by Gasteiger charge is -2.30. The zero-order valence-electron chi connectivity index (χ0n) is 16.0. The quantitative estimate of drug-likeness (QED) is 0.608. The van der Waals surface area contributed by atoms with E-state index in [2.05, 4.69) is 4.90 Å². The van der Waals surface area contributed by atoms with Crippen LogP contribution in [0.3, 0.4) is 0 Å². The van der Waals surface area contributed by atoms with Gasteiger partial charge in [0.15, 0.2) is 0 Å². The second-order valence-electron chi connectivity index (χ2n) is 7.44. The first-order chi connectivity index (χ1) is 12.9. The van der Waals surface area contributed by atoms with Crippen molar-refractivity contribution in [2.24, 2.45) is 0 Å². The topological polar surface area (TPSA) is 64.0 Å². The van der Waals surface area contributed by atoms with E-state index in [9.17, 15) is 15.1 Å². The number of aliphatic hydroxyl groups is 1. The SMILES string of the molecule is Cc1ccc(CC(=O)N(O)C[C@@H](c2ccccc2)N2CC[C@H](O)C2)cc1C. The molecule has 1 fully saturated rings. The number of likely N-dealkylation sites (tertiary alicyclic amines) is 1. The van der Waals surface area contributed by atoms with Gasteiger partial charge in [0.25, 0.3) is 0 Å². The number of β-amino-alcohol motifs (C(OH)–C–C–N with tert-alkyl or cyclic N) is 1. The summed E-state index contributed by atoms with van der Waals surface area (Å²) in [5.41, 5.74) is 4.25. The highest BCUT2D eigenvalue weighted by Gasteiger charge is 2.30. The highest BCUT2D eigenvalue weighted by Crippen LogP contribution is 2.26. The van der Waals surface area contributed by atoms with Crippen LogP contribution in [0.2, 0.25) is 0 Å². The van der Waals surface area contributed by atoms with Crippen LogP contribution < -0.4 is 0 Å². The molecule has 2 atom stereocenters. The van der Waals surface area contributed by atoms with Gasteiger partial charge in [-0.05, 0) is 42.5 Å². The second-order valence-corrected chi connectivity index (χ2v) is 7.44. The average molecular weight is 368 g/mol. The molecule has 0 saturated carbocycles. The predicted molar refractivity (Wildman–Crippen MR) is 104 cm³/mol. The van der Waals surface area contributed by atoms with Crippen molar-refractivity contribution in [3.63, 3.8) is 0 Å². The van der Waals surface area contributed by atoms with Gasteiger partial charge in [-0.1, -0.05) is 48.5 Å². The van der Waals surface area contributed by atoms with E-state index < -0.39 is 0 Å². The Bertz CT molecular complexity index is 778. The lowest BCUT2D eigenvalue weighted by Crippen LogP contribution is -2.39. The van der Waals surface area contributed by atoms with Gasteiger partial charge >= 0.3 is 0 Å². The monoisotopic (exact) mass is 368 g/mol. The smallest absolute Gasteiger partial charge is 0.250 e. The van der Waals surface area contributed by atoms with Crippen LogP contribution in [0.1, 0.15) is 34.7 Å². The standard InChI is InChI=1S/C22H28N2O3/c1-16-8-9-18(12-17(16)2)13-22(26)24(27)15-21(19-6-4-3-5-7-19)23-11-10-20(25)14-23/h3-9,12,20-21,25,27H,10-11,13-15H2,1-2H3/t20-,21-/m0/s1. The maximum absolute atomic E-state index is 12.6. The molecular formula is C22H28N2O3. The number of carbonyl (C=O) groups is 1. The summed E-state index contributed by atoms with van der Waals surface area (Å²) in [6, 6.07) is 15.6. The van der Waals surface area contributed by atoms with Crippen LogP contribution in [0.15, 0.2) is 48.5 Å². The number of nitrogens with zero attached hydrogens (tertiary/aromatic N) is 2. The summed E-state index contributed by atoms with van der Waals surface area (Å²) in [6.45, 7) is 5.54. The molecule has 2 aromatic carbocycles. The second kappa shape index (κ2) is 8.65. The van der Waals surface area contributed by atoms with Gasteiger partial charge in [-0.25, -0.2) is 5.06 Å². The van der Waals surface area contributed by atoms with Crippen LogP contribution in [0.4, 0.5) is 0 Å². The zero-order valence-corrected chi connectivity index (χ0v) is 16.0. The molecule has 0 unspecified atom stereocenters. The fourth-order valence-electron chi connectivity index (χ4n) is 3.60. The van der Waals surface area contributed by atoms with Gasteiger partial charge in [-0.3, -0.25) is 14.9 Å². The number of aryl methyl sites for hydroxylation is 2. The van der Waals surface area contributed by atoms with Crippen LogP contribution in [0.25, 0.3) is 0 Å². The first-order valence-corrected chi connectivity index (χ1v) is 9.46. The van der Waals surface area contributed by atoms with Gasteiger partial charge in [0, 0.05) is 13.1 Å². The summed E-state index contributed by atoms with van der Waals surface area (Å²) in [4.78, 5) is 14.7. The summed E-state index contributed by atoms with van der Waals surface area (Å²) in [5.74, 6) is -0.320. The summed E-state index contributed by atoms with van der Waals surface area (Å²) in [5, 5.41) is 21.2. The zero-order chi connectivity index (χ0) is 19.4. The first kappa shape index (κ1) is 19.5. The Morgan fingerprint density at radius 2 is 1.93 bits per heavy atom. The number of hydroxylamine groups is 2. The van der Waals surface area contributed by atoms with Crippen molar-refractivity contribution in [2.75, 3.05) is 19.6 Å². The molecule has 1 aliphatic heterocycles. The molecule has 1 saturated heterocycles. The van der Waals surface area contributed by atoms with Crippen LogP contribution in [-0.2, 0) is 11.2 Å². The molecular weight excluding hydrogens is 340 g/mol. The molecule has 0 radical (unpaired) electrons. The van der Waals surface area contributed by atoms with E-state index in [-0.39, 0.29) is 31.0 Å². The van der Waals surface area contributed by atoms with Crippen molar-refractivity contribution >= 4 is 5.91 Å². The minimum Gasteiger partial charge on any atom is -0.392 e. The minimum absolute atomic E-state index is 0.142. The molecule has 0 aliphatic carbocycles. The molecule has 5 nitrogen and oxygen atoms in total. The average Bonchev–Trinajstić information content (AvgIpc) is 3.09. The molecule has 5 heteroatoms. The van der Waals surface area contributed by atoms with E-state index in [1.807, 2.05) is 62.4 Å². The summed E-state index contributed by atoms with van der Waals surface area (Å²) < 4.78 is 0. The molecule has 27 heavy (non-hydrogen) atoms. The van der Waals surface area contributed by atoms with E-state index in [0.29, 0.717) is 13.0 Å². The number of hydrogen-bond donors (Lipinski definition) is 2. The van der Waals surface area contributed by atoms with Crippen molar-refractivity contribution in [1.82, 2.24) is 9.96 Å². The molecule has 3 rings (SSSR count). The Morgan fingerprint density at radius 1 is 1.19 bits per heavy atom. The van der Waals surface area contributed by atoms with Crippen molar-refractivity contribution in [1.29, 1.82) is 0 Å². The fraction of sp³-hybridized carbons (Fsp3) is 0.409. The molecule has 1 amide bonds. The van der Waals surface area contributed by atoms with E-state index >= 15 is 0 Å². The Morgan fingerprint density at radius 3 is 2.56 bits per heavy atom. The number of benzene rings is 2. The number of hydrogen-bond acceptors (Lipinski definition) is 4. The third-order valence-electron chi connectivity index (χ3n) is 5.38. The lowest BCUT2D eigenvalue weighted by atomic mass is 10.0. The maximum Gasteiger partial charge on any atom is 0.250 e. The first-order valence-electron chi connectivity index (χ1n) is 9.46. The van der Waals surface area contributed by atoms with E-state index in [4.69, 9.17) is 0 Å². The third kappa shape index (κ3) is 4.95. The van der Waals surface area contributed by atoms with Gasteiger partial charge in [-0.2, -0.15) is 0 Å². The number of carbonyl (C=O) groups excluding carboxylic acids is 1. The highest BCUT2D eigenvalue weighted by molar-refractivity contribution is 5.77. The third-order valence-corrected chi connectivity index (χ3v) is 5.38. The van der Waals surface area contributed by atoms with Crippen molar-refractivity contribution in [2.45, 2.75) is 38.8 Å². The molecule has 1 heterocycles. The molecule has 0 bridgehead atoms. The molecule has 0 aromatic heterocycles. The number of aliphatic hydroxyl groups excluding tert-OH is 1. The minimum atomic E-state index is -0.352. The van der Waals surface area contributed by atoms with Gasteiger partial charge in [-0.15, -0.1) is 0 Å². The van der Waals surface area contributed by atoms with Gasteiger partial charge in [0.1, 0.15) is 0 Å². The fourth-order valence-corrected chi connectivity index (χ4v) is 3.60. The summed E-state index contributed by atoms with van der Waals surface area (Å²) >= 11 is 0. The Labute approximate surface area is 160 Å². The van der Waals surface area contributed by atoms with Crippen LogP contribution >= 0.6 is 0 Å². The van der Waals surface area contributed by atoms with Gasteiger partial charge in [0.2, 0.25) is 5.91 Å². The molecule has 2 N–H and O–H groups in total. The normalized spacial score (nSPS) is 18.4. The van der Waals surface area contributed by atoms with E-state index in [1.165, 1.54) is 5.56 Å². The van der Waals surface area contributed by atoms with Crippen LogP contribution in [0.5, 0.6) is 0 Å². The Hall–Kier alpha value is -2.21. The van der Waals surface area contributed by atoms with E-state index in [1.54, 1.807) is 0 Å². The van der Waals surface area contributed by atoms with Gasteiger partial charge in [0.05, 0.1) is 25.1 Å².